The van der Waals surface area contributed by atoms with Crippen molar-refractivity contribution in [2.75, 3.05) is 0 Å². The maximum atomic E-state index is 11.3. The second kappa shape index (κ2) is 10.3. The number of hydrogen-bond donors (Lipinski definition) is 1. The van der Waals surface area contributed by atoms with E-state index in [1.807, 2.05) is 72.8 Å². The molecule has 122 valence electrons. The van der Waals surface area contributed by atoms with Gasteiger partial charge in [0.25, 0.3) is 0 Å². The Bertz CT molecular complexity index is 886. The smallest absolute Gasteiger partial charge is 0.478 e. The molecule has 0 aliphatic heterocycles. The zero-order valence-electron chi connectivity index (χ0n) is 13.7. The predicted octanol–water partition coefficient (Wildman–Crippen LogP) is 1.73. The Kier molecular flexibility index (Phi) is 8.84. The van der Waals surface area contributed by atoms with Crippen LogP contribution in [0.4, 0.5) is 0 Å². The molecule has 0 radical (unpaired) electrons. The third-order valence-electron chi connectivity index (χ3n) is 3.46. The molecule has 0 unspecified atom stereocenters. The van der Waals surface area contributed by atoms with Gasteiger partial charge in [-0.05, 0) is 11.8 Å². The summed E-state index contributed by atoms with van der Waals surface area (Å²) >= 11 is 0. The molecule has 0 aliphatic carbocycles. The van der Waals surface area contributed by atoms with Crippen molar-refractivity contribution in [3.63, 3.8) is 0 Å². The molecule has 1 N–H and O–H groups in total. The van der Waals surface area contributed by atoms with Crippen LogP contribution in [0.3, 0.4) is 0 Å². The number of carboxylic acids is 1. The summed E-state index contributed by atoms with van der Waals surface area (Å²) in [5.74, 6) is -0.929. The number of aromatic carboxylic acids is 1. The summed E-state index contributed by atoms with van der Waals surface area (Å²) < 4.78 is 0. The monoisotopic (exact) mass is 380 g/mol. The summed E-state index contributed by atoms with van der Waals surface area (Å²) in [6, 6.07) is 26.6. The van der Waals surface area contributed by atoms with Crippen molar-refractivity contribution in [2.24, 2.45) is 0 Å². The van der Waals surface area contributed by atoms with Gasteiger partial charge in [-0.2, -0.15) is 30.3 Å². The molecule has 25 heavy (non-hydrogen) atoms. The Morgan fingerprint density at radius 3 is 2.20 bits per heavy atom. The van der Waals surface area contributed by atoms with Gasteiger partial charge in [0.2, 0.25) is 0 Å². The molecule has 4 aromatic rings. The number of para-hydroxylation sites is 1. The van der Waals surface area contributed by atoms with Crippen LogP contribution in [0.5, 0.6) is 0 Å². The minimum Gasteiger partial charge on any atom is -0.478 e. The van der Waals surface area contributed by atoms with E-state index in [2.05, 4.69) is 4.98 Å². The van der Waals surface area contributed by atoms with Gasteiger partial charge in [0.05, 0.1) is 5.52 Å². The van der Waals surface area contributed by atoms with E-state index in [1.54, 1.807) is 12.1 Å². The minimum atomic E-state index is -0.929. The quantitative estimate of drug-likeness (QED) is 0.426. The molecule has 1 heterocycles. The number of aromatic nitrogens is 1. The van der Waals surface area contributed by atoms with Gasteiger partial charge in [-0.1, -0.05) is 29.8 Å². The van der Waals surface area contributed by atoms with Gasteiger partial charge in [0.1, 0.15) is 0 Å². The van der Waals surface area contributed by atoms with Crippen LogP contribution in [0.15, 0.2) is 84.9 Å². The number of nitrogens with zero attached hydrogens (tertiary/aromatic N) is 1. The molecule has 1 aromatic heterocycles. The molecule has 4 rings (SSSR count). The van der Waals surface area contributed by atoms with Crippen LogP contribution in [-0.4, -0.2) is 16.1 Å². The molecule has 3 nitrogen and oxygen atoms in total. The van der Waals surface area contributed by atoms with Crippen molar-refractivity contribution in [2.45, 2.75) is 0 Å². The molecule has 3 aromatic carbocycles. The Hall–Kier alpha value is -1.68. The van der Waals surface area contributed by atoms with Crippen LogP contribution in [0.1, 0.15) is 10.4 Å². The molecule has 0 saturated heterocycles. The van der Waals surface area contributed by atoms with Gasteiger partial charge in [-0.25, -0.2) is 16.9 Å². The molecule has 0 aliphatic rings. The number of carbonyl (C=O) groups is 1. The first kappa shape index (κ1) is 21.4. The summed E-state index contributed by atoms with van der Waals surface area (Å²) in [7, 11) is 0. The number of hydrogen-bond acceptors (Lipinski definition) is 2. The Labute approximate surface area is 179 Å². The number of rotatable bonds is 2. The largest absolute Gasteiger partial charge is 1.00 e. The second-order valence-electron chi connectivity index (χ2n) is 5.01. The normalized spacial score (nSPS) is 9.28. The van der Waals surface area contributed by atoms with Gasteiger partial charge < -0.3 is 5.11 Å². The maximum absolute atomic E-state index is 11.3. The molecule has 0 bridgehead atoms. The standard InChI is InChI=1S/C15H10NO2.C5H5.Fe.Na/c17-15(18)12-9-14(10-5-1-2-6-10)16-13-8-4-3-7-11(12)13;1-2-4-5-3-1;;/h1-9H,(H,17,18);1-5H;;/q2*-1;;+1. The van der Waals surface area contributed by atoms with Gasteiger partial charge in [-0.3, -0.25) is 4.98 Å². The van der Waals surface area contributed by atoms with Crippen molar-refractivity contribution in [3.05, 3.63) is 90.5 Å². The van der Waals surface area contributed by atoms with Crippen LogP contribution in [0, 0.1) is 0 Å². The van der Waals surface area contributed by atoms with Gasteiger partial charge in [-0.15, -0.1) is 12.1 Å². The summed E-state index contributed by atoms with van der Waals surface area (Å²) in [6.45, 7) is 0. The van der Waals surface area contributed by atoms with Crippen LogP contribution in [-0.2, 0) is 17.1 Å². The third kappa shape index (κ3) is 5.40. The number of fused-ring (bicyclic) bond motifs is 1. The van der Waals surface area contributed by atoms with Crippen LogP contribution in [0.2, 0.25) is 0 Å². The molecule has 5 heteroatoms. The SMILES string of the molecule is O=C(O)c1cc(-[c-]2cccc2)nc2ccccc12.[Fe].[Na+].c1cc[cH-]c1. The maximum Gasteiger partial charge on any atom is 1.00 e. The van der Waals surface area contributed by atoms with Crippen LogP contribution >= 0.6 is 0 Å². The Balaban J connectivity index is 0.000000388. The summed E-state index contributed by atoms with van der Waals surface area (Å²) in [4.78, 5) is 15.8. The van der Waals surface area contributed by atoms with Crippen molar-refractivity contribution < 1.29 is 56.5 Å². The fourth-order valence-electron chi connectivity index (χ4n) is 2.37. The molecule has 0 spiro atoms. The van der Waals surface area contributed by atoms with Gasteiger partial charge >= 0.3 is 35.5 Å². The molecule has 0 atom stereocenters. The molecule has 0 saturated carbocycles. The fraction of sp³-hybridized carbons (Fsp3) is 0. The van der Waals surface area contributed by atoms with E-state index in [1.165, 1.54) is 0 Å². The average molecular weight is 380 g/mol. The van der Waals surface area contributed by atoms with Crippen LogP contribution in [0.25, 0.3) is 22.2 Å². The second-order valence-corrected chi connectivity index (χ2v) is 5.01. The summed E-state index contributed by atoms with van der Waals surface area (Å²) in [6.07, 6.45) is 0. The van der Waals surface area contributed by atoms with Crippen molar-refractivity contribution in [1.82, 2.24) is 4.98 Å². The minimum absolute atomic E-state index is 0. The summed E-state index contributed by atoms with van der Waals surface area (Å²) in [5, 5.41) is 9.94. The fourth-order valence-corrected chi connectivity index (χ4v) is 2.37. The topological polar surface area (TPSA) is 50.2 Å². The van der Waals surface area contributed by atoms with E-state index in [0.29, 0.717) is 16.6 Å². The number of carboxylic acid groups (broad SMARTS) is 1. The molecule has 0 fully saturated rings. The third-order valence-corrected chi connectivity index (χ3v) is 3.46. The molecule has 0 amide bonds. The van der Waals surface area contributed by atoms with E-state index in [0.717, 1.165) is 5.56 Å². The van der Waals surface area contributed by atoms with E-state index >= 15 is 0 Å². The molecular weight excluding hydrogens is 365 g/mol. The van der Waals surface area contributed by atoms with E-state index in [-0.39, 0.29) is 52.2 Å². The van der Waals surface area contributed by atoms with Crippen molar-refractivity contribution >= 4 is 16.9 Å². The zero-order chi connectivity index (χ0) is 16.1. The zero-order valence-corrected chi connectivity index (χ0v) is 16.8. The first-order valence-corrected chi connectivity index (χ1v) is 7.27. The average Bonchev–Trinajstić information content (AvgIpc) is 3.29. The first-order valence-electron chi connectivity index (χ1n) is 7.27. The van der Waals surface area contributed by atoms with Gasteiger partial charge in [0.15, 0.2) is 0 Å². The van der Waals surface area contributed by atoms with E-state index in [4.69, 9.17) is 0 Å². The number of pyridine rings is 1. The van der Waals surface area contributed by atoms with Gasteiger partial charge in [0, 0.05) is 28.0 Å². The summed E-state index contributed by atoms with van der Waals surface area (Å²) in [5.41, 5.74) is 2.62. The number of benzene rings is 1. The predicted molar refractivity (Wildman–Crippen MR) is 91.8 cm³/mol. The van der Waals surface area contributed by atoms with Crippen molar-refractivity contribution in [1.29, 1.82) is 0 Å². The van der Waals surface area contributed by atoms with E-state index < -0.39 is 5.97 Å². The molecular formula is C20H15FeNNaO2-. The Morgan fingerprint density at radius 1 is 1.00 bits per heavy atom. The van der Waals surface area contributed by atoms with E-state index in [9.17, 15) is 9.90 Å². The van der Waals surface area contributed by atoms with Crippen LogP contribution < -0.4 is 29.6 Å². The van der Waals surface area contributed by atoms with Crippen molar-refractivity contribution in [3.8, 4) is 11.3 Å². The Morgan fingerprint density at radius 2 is 1.64 bits per heavy atom. The first-order chi connectivity index (χ1) is 11.3.